The van der Waals surface area contributed by atoms with Crippen molar-refractivity contribution in [1.29, 1.82) is 0 Å². The number of allylic oxidation sites excluding steroid dienone is 1. The van der Waals surface area contributed by atoms with E-state index in [2.05, 4.69) is 9.64 Å². The van der Waals surface area contributed by atoms with Gasteiger partial charge in [-0.2, -0.15) is 8.78 Å². The lowest BCUT2D eigenvalue weighted by Gasteiger charge is -2.29. The molecule has 148 valence electrons. The molecule has 3 rings (SSSR count). The van der Waals surface area contributed by atoms with Crippen LogP contribution in [0.2, 0.25) is 0 Å². The Labute approximate surface area is 162 Å². The lowest BCUT2D eigenvalue weighted by molar-refractivity contribution is -0.0513. The number of hydrogen-bond donors (Lipinski definition) is 0. The van der Waals surface area contributed by atoms with Crippen LogP contribution in [-0.2, 0) is 4.74 Å². The highest BCUT2D eigenvalue weighted by molar-refractivity contribution is 6.07. The van der Waals surface area contributed by atoms with Gasteiger partial charge < -0.3 is 19.1 Å². The van der Waals surface area contributed by atoms with Gasteiger partial charge in [0.15, 0.2) is 17.3 Å². The first-order chi connectivity index (χ1) is 13.6. The van der Waals surface area contributed by atoms with Gasteiger partial charge in [-0.05, 0) is 30.4 Å². The first-order valence-electron chi connectivity index (χ1n) is 8.85. The molecule has 0 unspecified atom stereocenters. The van der Waals surface area contributed by atoms with Crippen LogP contribution in [0, 0.1) is 0 Å². The Morgan fingerprint density at radius 2 is 1.93 bits per heavy atom. The predicted octanol–water partition coefficient (Wildman–Crippen LogP) is 4.03. The summed E-state index contributed by atoms with van der Waals surface area (Å²) in [5.41, 5.74) is 1.79. The fraction of sp³-hybridized carbons (Fsp3) is 0.286. The molecule has 0 bridgehead atoms. The number of carbonyl (C=O) groups excluding carboxylic acids is 1. The molecule has 1 fully saturated rings. The molecule has 1 aliphatic heterocycles. The first kappa shape index (κ1) is 19.8. The third-order valence-corrected chi connectivity index (χ3v) is 4.36. The van der Waals surface area contributed by atoms with E-state index in [1.165, 1.54) is 25.3 Å². The molecule has 0 aliphatic carbocycles. The van der Waals surface area contributed by atoms with Gasteiger partial charge in [-0.1, -0.05) is 24.3 Å². The van der Waals surface area contributed by atoms with E-state index in [1.54, 1.807) is 18.2 Å². The van der Waals surface area contributed by atoms with Crippen LogP contribution < -0.4 is 14.4 Å². The number of halogens is 2. The van der Waals surface area contributed by atoms with Crippen molar-refractivity contribution in [2.75, 3.05) is 38.3 Å². The van der Waals surface area contributed by atoms with Gasteiger partial charge in [0.05, 0.1) is 20.3 Å². The maximum atomic E-state index is 12.7. The van der Waals surface area contributed by atoms with Crippen LogP contribution in [0.1, 0.15) is 15.9 Å². The molecule has 0 saturated carbocycles. The second kappa shape index (κ2) is 9.32. The number of methoxy groups -OCH3 is 1. The third kappa shape index (κ3) is 4.86. The molecule has 1 aliphatic rings. The number of ketones is 1. The predicted molar refractivity (Wildman–Crippen MR) is 102 cm³/mol. The normalized spacial score (nSPS) is 14.5. The zero-order valence-electron chi connectivity index (χ0n) is 15.4. The second-order valence-corrected chi connectivity index (χ2v) is 6.10. The average Bonchev–Trinajstić information content (AvgIpc) is 2.73. The van der Waals surface area contributed by atoms with E-state index in [9.17, 15) is 13.6 Å². The van der Waals surface area contributed by atoms with E-state index in [-0.39, 0.29) is 17.3 Å². The van der Waals surface area contributed by atoms with Crippen molar-refractivity contribution in [2.45, 2.75) is 6.61 Å². The Morgan fingerprint density at radius 3 is 2.64 bits per heavy atom. The van der Waals surface area contributed by atoms with Gasteiger partial charge in [-0.3, -0.25) is 4.79 Å². The molecule has 1 heterocycles. The fourth-order valence-corrected chi connectivity index (χ4v) is 2.98. The molecule has 0 aromatic heterocycles. The Kier molecular flexibility index (Phi) is 6.60. The summed E-state index contributed by atoms with van der Waals surface area (Å²) in [7, 11) is 1.36. The number of para-hydroxylation sites is 1. The molecule has 28 heavy (non-hydrogen) atoms. The molecule has 2 aromatic rings. The Hall–Kier alpha value is -2.93. The van der Waals surface area contributed by atoms with Gasteiger partial charge in [-0.15, -0.1) is 0 Å². The van der Waals surface area contributed by atoms with Crippen molar-refractivity contribution >= 4 is 17.5 Å². The summed E-state index contributed by atoms with van der Waals surface area (Å²) in [6, 6.07) is 12.0. The number of carbonyl (C=O) groups is 1. The molecular formula is C21H21F2NO4. The van der Waals surface area contributed by atoms with Gasteiger partial charge in [0.2, 0.25) is 0 Å². The van der Waals surface area contributed by atoms with Crippen LogP contribution >= 0.6 is 0 Å². The van der Waals surface area contributed by atoms with Crippen LogP contribution in [0.4, 0.5) is 14.5 Å². The van der Waals surface area contributed by atoms with Crippen molar-refractivity contribution in [3.63, 3.8) is 0 Å². The number of morpholine rings is 1. The van der Waals surface area contributed by atoms with Crippen LogP contribution in [-0.4, -0.2) is 45.8 Å². The van der Waals surface area contributed by atoms with Crippen LogP contribution in [0.15, 0.2) is 48.5 Å². The van der Waals surface area contributed by atoms with E-state index in [0.29, 0.717) is 24.3 Å². The minimum absolute atomic E-state index is 0.105. The monoisotopic (exact) mass is 389 g/mol. The summed E-state index contributed by atoms with van der Waals surface area (Å²) in [6.07, 6.45) is 2.79. The van der Waals surface area contributed by atoms with Crippen molar-refractivity contribution in [3.05, 3.63) is 59.7 Å². The summed E-state index contributed by atoms with van der Waals surface area (Å²) in [4.78, 5) is 14.7. The molecule has 0 spiro atoms. The van der Waals surface area contributed by atoms with Crippen molar-refractivity contribution in [2.24, 2.45) is 0 Å². The number of nitrogens with zero attached hydrogens (tertiary/aromatic N) is 1. The molecular weight excluding hydrogens is 368 g/mol. The highest BCUT2D eigenvalue weighted by Crippen LogP contribution is 2.33. The maximum Gasteiger partial charge on any atom is 0.387 e. The highest BCUT2D eigenvalue weighted by Gasteiger charge is 2.15. The van der Waals surface area contributed by atoms with Crippen LogP contribution in [0.25, 0.3) is 6.08 Å². The van der Waals surface area contributed by atoms with Gasteiger partial charge in [-0.25, -0.2) is 0 Å². The average molecular weight is 389 g/mol. The molecule has 0 radical (unpaired) electrons. The quantitative estimate of drug-likeness (QED) is 0.529. The Balaban J connectivity index is 1.80. The lowest BCUT2D eigenvalue weighted by Crippen LogP contribution is -2.36. The number of benzene rings is 2. The standard InChI is InChI=1S/C21H21F2NO4/c1-26-19-7-3-4-15(20(19)28-21(22)23)8-9-18(25)16-5-2-6-17(14-16)24-10-12-27-13-11-24/h2-9,14,21H,10-13H2,1H3. The Morgan fingerprint density at radius 1 is 1.18 bits per heavy atom. The van der Waals surface area contributed by atoms with Crippen LogP contribution in [0.3, 0.4) is 0 Å². The molecule has 5 nitrogen and oxygen atoms in total. The second-order valence-electron chi connectivity index (χ2n) is 6.10. The van der Waals surface area contributed by atoms with Gasteiger partial charge in [0, 0.05) is 29.9 Å². The van der Waals surface area contributed by atoms with E-state index >= 15 is 0 Å². The van der Waals surface area contributed by atoms with Gasteiger partial charge in [0.25, 0.3) is 0 Å². The van der Waals surface area contributed by atoms with Gasteiger partial charge >= 0.3 is 6.61 Å². The number of anilines is 1. The lowest BCUT2D eigenvalue weighted by atomic mass is 10.1. The topological polar surface area (TPSA) is 48.0 Å². The van der Waals surface area contributed by atoms with Gasteiger partial charge in [0.1, 0.15) is 0 Å². The molecule has 7 heteroatoms. The molecule has 2 aromatic carbocycles. The SMILES string of the molecule is COc1cccc(C=CC(=O)c2cccc(N3CCOCC3)c2)c1OC(F)F. The smallest absolute Gasteiger partial charge is 0.387 e. The summed E-state index contributed by atoms with van der Waals surface area (Å²) in [5, 5.41) is 0. The van der Waals surface area contributed by atoms with Crippen molar-refractivity contribution in [1.82, 2.24) is 0 Å². The van der Waals surface area contributed by atoms with Crippen LogP contribution in [0.5, 0.6) is 11.5 Å². The summed E-state index contributed by atoms with van der Waals surface area (Å²) in [5.74, 6) is -0.170. The summed E-state index contributed by atoms with van der Waals surface area (Å²) >= 11 is 0. The minimum atomic E-state index is -3.00. The van der Waals surface area contributed by atoms with E-state index in [4.69, 9.17) is 9.47 Å². The number of alkyl halides is 2. The highest BCUT2D eigenvalue weighted by atomic mass is 19.3. The van der Waals surface area contributed by atoms with Crippen molar-refractivity contribution < 1.29 is 27.8 Å². The molecule has 1 saturated heterocycles. The van der Waals surface area contributed by atoms with E-state index in [0.717, 1.165) is 18.8 Å². The zero-order chi connectivity index (χ0) is 19.9. The number of rotatable bonds is 7. The summed E-state index contributed by atoms with van der Waals surface area (Å²) in [6.45, 7) is -0.150. The molecule has 0 amide bonds. The van der Waals surface area contributed by atoms with E-state index in [1.807, 2.05) is 18.2 Å². The fourth-order valence-electron chi connectivity index (χ4n) is 2.98. The zero-order valence-corrected chi connectivity index (χ0v) is 15.4. The Bertz CT molecular complexity index is 848. The largest absolute Gasteiger partial charge is 0.493 e. The summed E-state index contributed by atoms with van der Waals surface area (Å²) < 4.78 is 40.4. The van der Waals surface area contributed by atoms with Crippen molar-refractivity contribution in [3.8, 4) is 11.5 Å². The number of hydrogen-bond acceptors (Lipinski definition) is 5. The maximum absolute atomic E-state index is 12.7. The first-order valence-corrected chi connectivity index (χ1v) is 8.85. The number of ether oxygens (including phenoxy) is 3. The minimum Gasteiger partial charge on any atom is -0.493 e. The van der Waals surface area contributed by atoms with E-state index < -0.39 is 6.61 Å². The molecule has 0 atom stereocenters. The third-order valence-electron chi connectivity index (χ3n) is 4.36. The molecule has 0 N–H and O–H groups in total.